The molecule has 0 aromatic heterocycles. The molecule has 0 aliphatic heterocycles. The first-order valence-electron chi connectivity index (χ1n) is 17.8. The first-order chi connectivity index (χ1) is 20.6. The van der Waals surface area contributed by atoms with Crippen molar-refractivity contribution in [3.05, 3.63) is 46.6 Å². The Morgan fingerprint density at radius 1 is 0.667 bits per heavy atom. The Kier molecular flexibility index (Phi) is 10.6. The predicted molar refractivity (Wildman–Crippen MR) is 174 cm³/mol. The van der Waals surface area contributed by atoms with Gasteiger partial charge in [-0.2, -0.15) is 0 Å². The quantitative estimate of drug-likeness (QED) is 0.289. The fraction of sp³-hybridized carbons (Fsp3) is 0.750. The number of carbonyl (C=O) groups excluding carboxylic acids is 2. The first-order valence-corrected chi connectivity index (χ1v) is 17.8. The molecule has 252 valence electrons. The molecule has 2 saturated carbocycles. The van der Waals surface area contributed by atoms with Crippen LogP contribution in [0.2, 0.25) is 0 Å². The van der Waals surface area contributed by atoms with Crippen LogP contribution in [0.1, 0.15) is 132 Å². The second kappa shape index (κ2) is 13.1. The fourth-order valence-electron chi connectivity index (χ4n) is 11.2. The zero-order chi connectivity index (χ0) is 32.2. The van der Waals surface area contributed by atoms with Gasteiger partial charge in [0.2, 0.25) is 0 Å². The number of carboxylic acids is 2. The summed E-state index contributed by atoms with van der Waals surface area (Å²) in [7, 11) is 0. The average molecular weight is 662 g/mol. The van der Waals surface area contributed by atoms with Crippen molar-refractivity contribution >= 4 is 11.9 Å². The zero-order valence-corrected chi connectivity index (χ0v) is 30.2. The molecule has 6 aliphatic rings. The van der Waals surface area contributed by atoms with Gasteiger partial charge in [-0.15, -0.1) is 0 Å². The van der Waals surface area contributed by atoms with E-state index in [0.29, 0.717) is 23.7 Å². The Balaban J connectivity index is 0.000000200. The maximum Gasteiger partial charge on any atom is 2.00 e. The van der Waals surface area contributed by atoms with Gasteiger partial charge in [-0.1, -0.05) is 104 Å². The van der Waals surface area contributed by atoms with Gasteiger partial charge >= 0.3 is 16.5 Å². The van der Waals surface area contributed by atoms with Crippen LogP contribution >= 0.6 is 0 Å². The van der Waals surface area contributed by atoms with E-state index in [-0.39, 0.29) is 39.2 Å². The largest absolute Gasteiger partial charge is 2.00 e. The second-order valence-corrected chi connectivity index (χ2v) is 17.0. The average Bonchev–Trinajstić information content (AvgIpc) is 2.96. The molecule has 0 amide bonds. The summed E-state index contributed by atoms with van der Waals surface area (Å²) in [5.74, 6) is 1.08. The van der Waals surface area contributed by atoms with E-state index in [1.165, 1.54) is 36.8 Å². The summed E-state index contributed by atoms with van der Waals surface area (Å²) in [6.45, 7) is 17.7. The molecule has 0 saturated heterocycles. The first kappa shape index (κ1) is 36.2. The summed E-state index contributed by atoms with van der Waals surface area (Å²) in [5.41, 5.74) is 5.01. The van der Waals surface area contributed by atoms with Crippen molar-refractivity contribution in [1.29, 1.82) is 0 Å². The number of carbonyl (C=O) groups is 2. The summed E-state index contributed by atoms with van der Waals surface area (Å²) in [6.07, 6.45) is 21.9. The van der Waals surface area contributed by atoms with E-state index in [0.717, 1.165) is 51.4 Å². The Morgan fingerprint density at radius 3 is 1.33 bits per heavy atom. The Morgan fingerprint density at radius 2 is 1.02 bits per heavy atom. The van der Waals surface area contributed by atoms with E-state index >= 15 is 0 Å². The molecule has 0 aromatic rings. The Labute approximate surface area is 283 Å². The molecule has 0 heterocycles. The number of fused-ring (bicyclic) bond motifs is 6. The zero-order valence-electron chi connectivity index (χ0n) is 29.2. The van der Waals surface area contributed by atoms with Crippen LogP contribution in [0.25, 0.3) is 0 Å². The van der Waals surface area contributed by atoms with Crippen molar-refractivity contribution in [2.75, 3.05) is 0 Å². The van der Waals surface area contributed by atoms with Crippen LogP contribution in [-0.2, 0) is 26.1 Å². The SMILES string of the molecule is CC(C)C1=CC2=CCC3[C@](C)(C(=O)[O-])CCC[C@]3(C)[C@H]2CC1.CC(C)C1=CC2=CCC3[C@](C)(C(=O)[O-])CCC[C@]3(C)[C@H]2CC1.[Ni+2]. The molecule has 0 radical (unpaired) electrons. The van der Waals surface area contributed by atoms with Crippen LogP contribution in [-0.4, -0.2) is 11.9 Å². The molecule has 0 N–H and O–H groups in total. The van der Waals surface area contributed by atoms with Crippen molar-refractivity contribution in [1.82, 2.24) is 0 Å². The van der Waals surface area contributed by atoms with Crippen LogP contribution in [0.5, 0.6) is 0 Å². The van der Waals surface area contributed by atoms with E-state index in [9.17, 15) is 19.8 Å². The maximum absolute atomic E-state index is 11.8. The molecule has 6 aliphatic carbocycles. The monoisotopic (exact) mass is 660 g/mol. The van der Waals surface area contributed by atoms with Crippen molar-refractivity contribution < 1.29 is 36.3 Å². The standard InChI is InChI=1S/2C20H30O2.Ni/c2*1-13(2)14-6-8-16-15(12-14)7-9-17-19(16,3)10-5-11-20(17,4)18(21)22;/h2*7,12-13,16-17H,5-6,8-11H2,1-4H3,(H,21,22);/q;;+2/p-2/t2*16-,17?,19+,20+;/m00./s1. The minimum absolute atomic E-state index is 0. The summed E-state index contributed by atoms with van der Waals surface area (Å²) >= 11 is 0. The number of aliphatic carboxylic acids is 2. The topological polar surface area (TPSA) is 80.3 Å². The number of rotatable bonds is 4. The fourth-order valence-corrected chi connectivity index (χ4v) is 11.2. The van der Waals surface area contributed by atoms with Crippen LogP contribution in [0.4, 0.5) is 0 Å². The smallest absolute Gasteiger partial charge is 0.550 e. The van der Waals surface area contributed by atoms with Gasteiger partial charge in [0.1, 0.15) is 0 Å². The molecule has 2 unspecified atom stereocenters. The molecule has 45 heavy (non-hydrogen) atoms. The van der Waals surface area contributed by atoms with Crippen LogP contribution in [0.3, 0.4) is 0 Å². The summed E-state index contributed by atoms with van der Waals surface area (Å²) in [6, 6.07) is 0. The van der Waals surface area contributed by atoms with E-state index in [2.05, 4.69) is 65.8 Å². The van der Waals surface area contributed by atoms with Crippen LogP contribution in [0, 0.1) is 57.2 Å². The van der Waals surface area contributed by atoms with Crippen molar-refractivity contribution in [2.45, 2.75) is 132 Å². The van der Waals surface area contributed by atoms with E-state index < -0.39 is 22.8 Å². The second-order valence-electron chi connectivity index (χ2n) is 17.0. The van der Waals surface area contributed by atoms with Gasteiger partial charge in [-0.3, -0.25) is 0 Å². The van der Waals surface area contributed by atoms with Gasteiger partial charge in [0.25, 0.3) is 0 Å². The minimum Gasteiger partial charge on any atom is -0.550 e. The number of carboxylic acid groups (broad SMARTS) is 2. The third-order valence-corrected chi connectivity index (χ3v) is 14.1. The number of hydrogen-bond acceptors (Lipinski definition) is 4. The molecule has 0 spiro atoms. The van der Waals surface area contributed by atoms with E-state index in [4.69, 9.17) is 0 Å². The van der Waals surface area contributed by atoms with Gasteiger partial charge in [0, 0.05) is 22.8 Å². The summed E-state index contributed by atoms with van der Waals surface area (Å²) in [5, 5.41) is 23.7. The van der Waals surface area contributed by atoms with Gasteiger partial charge in [0.15, 0.2) is 0 Å². The molecule has 4 nitrogen and oxygen atoms in total. The van der Waals surface area contributed by atoms with Crippen LogP contribution < -0.4 is 10.2 Å². The summed E-state index contributed by atoms with van der Waals surface area (Å²) in [4.78, 5) is 23.7. The normalized spacial score (nSPS) is 40.4. The van der Waals surface area contributed by atoms with Gasteiger partial charge in [-0.25, -0.2) is 0 Å². The molecular formula is C40H58NiO4. The van der Waals surface area contributed by atoms with Gasteiger partial charge < -0.3 is 19.8 Å². The predicted octanol–water partition coefficient (Wildman–Crippen LogP) is 7.74. The van der Waals surface area contributed by atoms with Crippen molar-refractivity contribution in [3.63, 3.8) is 0 Å². The molecule has 6 rings (SSSR count). The van der Waals surface area contributed by atoms with Crippen molar-refractivity contribution in [2.24, 2.45) is 57.2 Å². The Bertz CT molecular complexity index is 1190. The minimum atomic E-state index is -0.838. The van der Waals surface area contributed by atoms with Crippen molar-refractivity contribution in [3.8, 4) is 0 Å². The van der Waals surface area contributed by atoms with Gasteiger partial charge in [-0.05, 0) is 122 Å². The van der Waals surface area contributed by atoms with E-state index in [1.807, 2.05) is 13.8 Å². The molecule has 0 aromatic carbocycles. The maximum atomic E-state index is 11.8. The van der Waals surface area contributed by atoms with Crippen LogP contribution in [0.15, 0.2) is 46.6 Å². The Hall–Kier alpha value is -1.61. The van der Waals surface area contributed by atoms with E-state index in [1.54, 1.807) is 11.1 Å². The number of allylic oxidation sites excluding steroid dienone is 8. The summed E-state index contributed by atoms with van der Waals surface area (Å²) < 4.78 is 0. The third kappa shape index (κ3) is 6.11. The molecule has 5 heteroatoms. The molecule has 2 fully saturated rings. The molecule has 8 atom stereocenters. The third-order valence-electron chi connectivity index (χ3n) is 14.1. The molecular weight excluding hydrogens is 603 g/mol. The number of hydrogen-bond donors (Lipinski definition) is 0. The molecule has 0 bridgehead atoms. The van der Waals surface area contributed by atoms with Gasteiger partial charge in [0.05, 0.1) is 0 Å².